The highest BCUT2D eigenvalue weighted by Gasteiger charge is 2.16. The molecule has 4 heteroatoms. The van der Waals surface area contributed by atoms with Gasteiger partial charge in [-0.15, -0.1) is 0 Å². The van der Waals surface area contributed by atoms with Gasteiger partial charge < -0.3 is 4.84 Å². The first-order valence-electron chi connectivity index (χ1n) is 3.50. The summed E-state index contributed by atoms with van der Waals surface area (Å²) in [6, 6.07) is 4.10. The lowest BCUT2D eigenvalue weighted by molar-refractivity contribution is -0.128. The summed E-state index contributed by atoms with van der Waals surface area (Å²) < 4.78 is 12.6. The maximum Gasteiger partial charge on any atom is 0.257 e. The lowest BCUT2D eigenvalue weighted by atomic mass is 10.1. The molecule has 0 fully saturated rings. The zero-order valence-electron chi connectivity index (χ0n) is 6.13. The van der Waals surface area contributed by atoms with Gasteiger partial charge in [0.1, 0.15) is 5.82 Å². The third-order valence-corrected chi connectivity index (χ3v) is 1.66. The zero-order chi connectivity index (χ0) is 8.55. The second kappa shape index (κ2) is 2.48. The van der Waals surface area contributed by atoms with Crippen LogP contribution in [0, 0.1) is 5.82 Å². The third kappa shape index (κ3) is 1.11. The number of fused-ring (bicyclic) bond motifs is 1. The number of benzene rings is 1. The molecule has 1 aliphatic rings. The zero-order valence-corrected chi connectivity index (χ0v) is 6.13. The molecule has 1 amide bonds. The minimum absolute atomic E-state index is 0.214. The minimum atomic E-state index is -0.370. The SMILES string of the molecule is O=C1Cc2ccc(F)cc2ON1. The second-order valence-corrected chi connectivity index (χ2v) is 2.56. The summed E-state index contributed by atoms with van der Waals surface area (Å²) in [4.78, 5) is 15.6. The second-order valence-electron chi connectivity index (χ2n) is 2.56. The predicted molar refractivity (Wildman–Crippen MR) is 38.9 cm³/mol. The molecule has 62 valence electrons. The molecule has 0 saturated heterocycles. The van der Waals surface area contributed by atoms with Crippen LogP contribution in [0.1, 0.15) is 5.56 Å². The maximum absolute atomic E-state index is 12.6. The number of rotatable bonds is 0. The van der Waals surface area contributed by atoms with E-state index in [0.29, 0.717) is 11.3 Å². The average Bonchev–Trinajstić information content (AvgIpc) is 2.05. The van der Waals surface area contributed by atoms with Crippen LogP contribution in [0.5, 0.6) is 5.75 Å². The van der Waals surface area contributed by atoms with E-state index in [-0.39, 0.29) is 18.1 Å². The van der Waals surface area contributed by atoms with E-state index in [0.717, 1.165) is 0 Å². The Morgan fingerprint density at radius 3 is 3.17 bits per heavy atom. The van der Waals surface area contributed by atoms with Crippen molar-refractivity contribution in [1.29, 1.82) is 0 Å². The van der Waals surface area contributed by atoms with Crippen LogP contribution in [0.4, 0.5) is 4.39 Å². The maximum atomic E-state index is 12.6. The van der Waals surface area contributed by atoms with Crippen molar-refractivity contribution < 1.29 is 14.0 Å². The molecule has 1 aromatic carbocycles. The summed E-state index contributed by atoms with van der Waals surface area (Å²) >= 11 is 0. The van der Waals surface area contributed by atoms with E-state index >= 15 is 0 Å². The number of hydroxylamine groups is 1. The van der Waals surface area contributed by atoms with Crippen molar-refractivity contribution in [2.24, 2.45) is 0 Å². The normalized spacial score (nSPS) is 14.6. The molecule has 1 aliphatic heterocycles. The van der Waals surface area contributed by atoms with Gasteiger partial charge in [-0.2, -0.15) is 5.48 Å². The molecule has 3 nitrogen and oxygen atoms in total. The fourth-order valence-corrected chi connectivity index (χ4v) is 1.09. The van der Waals surface area contributed by atoms with Gasteiger partial charge >= 0.3 is 0 Å². The Morgan fingerprint density at radius 2 is 2.33 bits per heavy atom. The van der Waals surface area contributed by atoms with Gasteiger partial charge in [0.05, 0.1) is 6.42 Å². The molecule has 0 bridgehead atoms. The fraction of sp³-hybridized carbons (Fsp3) is 0.125. The molecular weight excluding hydrogens is 161 g/mol. The monoisotopic (exact) mass is 167 g/mol. The van der Waals surface area contributed by atoms with Crippen molar-refractivity contribution in [3.8, 4) is 5.75 Å². The Kier molecular flexibility index (Phi) is 1.46. The van der Waals surface area contributed by atoms with Gasteiger partial charge in [0.25, 0.3) is 5.91 Å². The first-order valence-corrected chi connectivity index (χ1v) is 3.50. The standard InChI is InChI=1S/C8H6FNO2/c9-6-2-1-5-3-8(11)10-12-7(5)4-6/h1-2,4H,3H2,(H,10,11). The molecule has 0 spiro atoms. The van der Waals surface area contributed by atoms with Crippen molar-refractivity contribution in [3.63, 3.8) is 0 Å². The van der Waals surface area contributed by atoms with E-state index in [1.54, 1.807) is 6.07 Å². The van der Waals surface area contributed by atoms with Crippen LogP contribution in [0.15, 0.2) is 18.2 Å². The van der Waals surface area contributed by atoms with Crippen molar-refractivity contribution >= 4 is 5.91 Å². The number of hydrogen-bond donors (Lipinski definition) is 1. The number of amides is 1. The Bertz CT molecular complexity index is 338. The average molecular weight is 167 g/mol. The molecular formula is C8H6FNO2. The molecule has 2 rings (SSSR count). The Hall–Kier alpha value is -1.58. The van der Waals surface area contributed by atoms with Gasteiger partial charge in [0, 0.05) is 11.6 Å². The van der Waals surface area contributed by atoms with Crippen LogP contribution in [-0.4, -0.2) is 5.91 Å². The summed E-state index contributed by atoms with van der Waals surface area (Å²) in [5.41, 5.74) is 2.87. The quantitative estimate of drug-likeness (QED) is 0.620. The van der Waals surface area contributed by atoms with Gasteiger partial charge in [0.15, 0.2) is 5.75 Å². The number of hydrogen-bond acceptors (Lipinski definition) is 2. The largest absolute Gasteiger partial charge is 0.379 e. The summed E-state index contributed by atoms with van der Waals surface area (Å²) in [6.07, 6.45) is 0.246. The third-order valence-electron chi connectivity index (χ3n) is 1.66. The highest BCUT2D eigenvalue weighted by atomic mass is 19.1. The molecule has 0 aromatic heterocycles. The van der Waals surface area contributed by atoms with Crippen molar-refractivity contribution in [2.75, 3.05) is 0 Å². The highest BCUT2D eigenvalue weighted by molar-refractivity contribution is 5.79. The summed E-state index contributed by atoms with van der Waals surface area (Å²) in [6.45, 7) is 0. The number of nitrogens with one attached hydrogen (secondary N) is 1. The molecule has 0 radical (unpaired) electrons. The Labute approximate surface area is 68.1 Å². The van der Waals surface area contributed by atoms with Crippen LogP contribution in [0.25, 0.3) is 0 Å². The van der Waals surface area contributed by atoms with Crippen LogP contribution in [0.3, 0.4) is 0 Å². The molecule has 0 saturated carbocycles. The number of carbonyl (C=O) groups excluding carboxylic acids is 1. The van der Waals surface area contributed by atoms with E-state index in [4.69, 9.17) is 4.84 Å². The van der Waals surface area contributed by atoms with Gasteiger partial charge in [-0.05, 0) is 6.07 Å². The summed E-state index contributed by atoms with van der Waals surface area (Å²) in [5.74, 6) is -0.200. The Morgan fingerprint density at radius 1 is 1.50 bits per heavy atom. The predicted octanol–water partition coefficient (Wildman–Crippen LogP) is 0.792. The molecule has 1 N–H and O–H groups in total. The lowest BCUT2D eigenvalue weighted by Gasteiger charge is -2.15. The Balaban J connectivity index is 2.43. The van der Waals surface area contributed by atoms with E-state index in [1.807, 2.05) is 0 Å². The van der Waals surface area contributed by atoms with Crippen LogP contribution >= 0.6 is 0 Å². The van der Waals surface area contributed by atoms with E-state index < -0.39 is 0 Å². The van der Waals surface area contributed by atoms with Crippen molar-refractivity contribution in [2.45, 2.75) is 6.42 Å². The van der Waals surface area contributed by atoms with Crippen molar-refractivity contribution in [1.82, 2.24) is 5.48 Å². The molecule has 1 heterocycles. The molecule has 12 heavy (non-hydrogen) atoms. The minimum Gasteiger partial charge on any atom is -0.379 e. The smallest absolute Gasteiger partial charge is 0.257 e. The van der Waals surface area contributed by atoms with Crippen LogP contribution in [-0.2, 0) is 11.2 Å². The van der Waals surface area contributed by atoms with Gasteiger partial charge in [0.2, 0.25) is 0 Å². The molecule has 0 unspecified atom stereocenters. The molecule has 1 aromatic rings. The van der Waals surface area contributed by atoms with E-state index in [1.165, 1.54) is 12.1 Å². The first-order chi connectivity index (χ1) is 5.75. The first kappa shape index (κ1) is 7.09. The van der Waals surface area contributed by atoms with Crippen molar-refractivity contribution in [3.05, 3.63) is 29.6 Å². The van der Waals surface area contributed by atoms with Crippen LogP contribution in [0.2, 0.25) is 0 Å². The van der Waals surface area contributed by atoms with Gasteiger partial charge in [-0.1, -0.05) is 6.07 Å². The van der Waals surface area contributed by atoms with Crippen LogP contribution < -0.4 is 10.3 Å². The topological polar surface area (TPSA) is 38.3 Å². The van der Waals surface area contributed by atoms with Gasteiger partial charge in [-0.3, -0.25) is 4.79 Å². The fourth-order valence-electron chi connectivity index (χ4n) is 1.09. The molecule has 0 atom stereocenters. The molecule has 0 aliphatic carbocycles. The number of halogens is 1. The summed E-state index contributed by atoms with van der Waals surface area (Å²) in [7, 11) is 0. The van der Waals surface area contributed by atoms with E-state index in [9.17, 15) is 9.18 Å². The van der Waals surface area contributed by atoms with Gasteiger partial charge in [-0.25, -0.2) is 4.39 Å². The highest BCUT2D eigenvalue weighted by Crippen LogP contribution is 2.22. The lowest BCUT2D eigenvalue weighted by Crippen LogP contribution is -2.33. The summed E-state index contributed by atoms with van der Waals surface area (Å²) in [5, 5.41) is 0. The number of carbonyl (C=O) groups is 1. The van der Waals surface area contributed by atoms with E-state index in [2.05, 4.69) is 5.48 Å².